The van der Waals surface area contributed by atoms with Gasteiger partial charge in [0, 0.05) is 4.88 Å². The van der Waals surface area contributed by atoms with Crippen LogP contribution in [0.15, 0.2) is 0 Å². The van der Waals surface area contributed by atoms with Crippen molar-refractivity contribution in [3.63, 3.8) is 0 Å². The zero-order valence-electron chi connectivity index (χ0n) is 11.2. The minimum absolute atomic E-state index is 0.0327. The molecule has 1 aromatic heterocycles. The number of anilines is 1. The van der Waals surface area contributed by atoms with Gasteiger partial charge < -0.3 is 15.0 Å². The van der Waals surface area contributed by atoms with Crippen molar-refractivity contribution in [2.75, 3.05) is 38.2 Å². The SMILES string of the molecule is Cc1sc(NC(=O)C[NH+]2CCOCC2)c(C#N)c1C. The molecular formula is C13H18N3O2S+. The molecule has 0 saturated carbocycles. The lowest BCUT2D eigenvalue weighted by atomic mass is 10.2. The average Bonchev–Trinajstić information content (AvgIpc) is 2.65. The summed E-state index contributed by atoms with van der Waals surface area (Å²) in [7, 11) is 0. The molecule has 0 radical (unpaired) electrons. The summed E-state index contributed by atoms with van der Waals surface area (Å²) in [6, 6.07) is 2.16. The first-order valence-corrected chi connectivity index (χ1v) is 7.14. The largest absolute Gasteiger partial charge is 0.370 e. The van der Waals surface area contributed by atoms with E-state index < -0.39 is 0 Å². The van der Waals surface area contributed by atoms with E-state index in [1.807, 2.05) is 13.8 Å². The maximum atomic E-state index is 12.0. The summed E-state index contributed by atoms with van der Waals surface area (Å²) in [6.45, 7) is 7.45. The molecule has 6 heteroatoms. The van der Waals surface area contributed by atoms with E-state index in [1.165, 1.54) is 16.2 Å². The molecule has 1 aliphatic heterocycles. The van der Waals surface area contributed by atoms with Gasteiger partial charge in [-0.2, -0.15) is 5.26 Å². The molecule has 102 valence electrons. The molecule has 0 aliphatic carbocycles. The third kappa shape index (κ3) is 3.32. The molecule has 19 heavy (non-hydrogen) atoms. The number of morpholine rings is 1. The number of thiophene rings is 1. The van der Waals surface area contributed by atoms with Crippen LogP contribution in [0.25, 0.3) is 0 Å². The molecule has 1 fully saturated rings. The van der Waals surface area contributed by atoms with Crippen molar-refractivity contribution >= 4 is 22.2 Å². The molecule has 0 atom stereocenters. The Kier molecular flexibility index (Phi) is 4.53. The third-order valence-corrected chi connectivity index (χ3v) is 4.48. The van der Waals surface area contributed by atoms with E-state index in [-0.39, 0.29) is 5.91 Å². The molecular weight excluding hydrogens is 262 g/mol. The lowest BCUT2D eigenvalue weighted by molar-refractivity contribution is -0.899. The first kappa shape index (κ1) is 14.0. The number of ether oxygens (including phenoxy) is 1. The maximum absolute atomic E-state index is 12.0. The normalized spacial score (nSPS) is 16.1. The molecule has 1 saturated heterocycles. The fourth-order valence-electron chi connectivity index (χ4n) is 2.08. The van der Waals surface area contributed by atoms with Gasteiger partial charge in [-0.05, 0) is 19.4 Å². The maximum Gasteiger partial charge on any atom is 0.280 e. The van der Waals surface area contributed by atoms with Crippen LogP contribution in [0.5, 0.6) is 0 Å². The Balaban J connectivity index is 1.99. The number of nitriles is 1. The molecule has 2 N–H and O–H groups in total. The van der Waals surface area contributed by atoms with Crippen LogP contribution in [0.3, 0.4) is 0 Å². The predicted octanol–water partition coefficient (Wildman–Crippen LogP) is 0.0902. The summed E-state index contributed by atoms with van der Waals surface area (Å²) in [5.74, 6) is -0.0327. The van der Waals surface area contributed by atoms with Crippen LogP contribution in [0.4, 0.5) is 5.00 Å². The third-order valence-electron chi connectivity index (χ3n) is 3.36. The summed E-state index contributed by atoms with van der Waals surface area (Å²) in [5.41, 5.74) is 1.55. The van der Waals surface area contributed by atoms with Gasteiger partial charge in [-0.1, -0.05) is 0 Å². The zero-order chi connectivity index (χ0) is 13.8. The van der Waals surface area contributed by atoms with Crippen molar-refractivity contribution in [3.8, 4) is 6.07 Å². The second kappa shape index (κ2) is 6.15. The minimum atomic E-state index is -0.0327. The lowest BCUT2D eigenvalue weighted by Gasteiger charge is -2.22. The van der Waals surface area contributed by atoms with Gasteiger partial charge >= 0.3 is 0 Å². The van der Waals surface area contributed by atoms with Gasteiger partial charge in [0.15, 0.2) is 6.54 Å². The number of carbonyl (C=O) groups excluding carboxylic acids is 1. The highest BCUT2D eigenvalue weighted by atomic mass is 32.1. The van der Waals surface area contributed by atoms with Crippen LogP contribution < -0.4 is 10.2 Å². The highest BCUT2D eigenvalue weighted by molar-refractivity contribution is 7.16. The van der Waals surface area contributed by atoms with Crippen molar-refractivity contribution in [2.24, 2.45) is 0 Å². The quantitative estimate of drug-likeness (QED) is 0.824. The Morgan fingerprint density at radius 2 is 2.16 bits per heavy atom. The molecule has 1 aliphatic rings. The minimum Gasteiger partial charge on any atom is -0.370 e. The van der Waals surface area contributed by atoms with Crippen LogP contribution >= 0.6 is 11.3 Å². The van der Waals surface area contributed by atoms with Gasteiger partial charge in [-0.25, -0.2) is 0 Å². The first-order valence-electron chi connectivity index (χ1n) is 6.33. The molecule has 0 bridgehead atoms. The highest BCUT2D eigenvalue weighted by Crippen LogP contribution is 2.31. The van der Waals surface area contributed by atoms with Crippen molar-refractivity contribution in [3.05, 3.63) is 16.0 Å². The molecule has 0 aromatic carbocycles. The number of carbonyl (C=O) groups is 1. The average molecular weight is 280 g/mol. The Labute approximate surface area is 116 Å². The van der Waals surface area contributed by atoms with Gasteiger partial charge in [0.05, 0.1) is 18.8 Å². The Morgan fingerprint density at radius 1 is 1.47 bits per heavy atom. The topological polar surface area (TPSA) is 66.6 Å². The smallest absolute Gasteiger partial charge is 0.280 e. The number of nitrogens with zero attached hydrogens (tertiary/aromatic N) is 1. The molecule has 1 aromatic rings. The second-order valence-corrected chi connectivity index (χ2v) is 5.91. The van der Waals surface area contributed by atoms with E-state index in [0.29, 0.717) is 30.3 Å². The molecule has 0 unspecified atom stereocenters. The summed E-state index contributed by atoms with van der Waals surface area (Å²) < 4.78 is 5.26. The van der Waals surface area contributed by atoms with E-state index in [0.717, 1.165) is 23.5 Å². The fraction of sp³-hybridized carbons (Fsp3) is 0.538. The summed E-state index contributed by atoms with van der Waals surface area (Å²) in [6.07, 6.45) is 0. The van der Waals surface area contributed by atoms with Crippen LogP contribution in [0, 0.1) is 25.2 Å². The Hall–Kier alpha value is -1.42. The molecule has 2 heterocycles. The van der Waals surface area contributed by atoms with Crippen LogP contribution in [-0.2, 0) is 9.53 Å². The van der Waals surface area contributed by atoms with Crippen LogP contribution in [0.1, 0.15) is 16.0 Å². The van der Waals surface area contributed by atoms with Crippen molar-refractivity contribution in [2.45, 2.75) is 13.8 Å². The van der Waals surface area contributed by atoms with Gasteiger partial charge in [-0.15, -0.1) is 11.3 Å². The van der Waals surface area contributed by atoms with Gasteiger partial charge in [0.2, 0.25) is 0 Å². The number of rotatable bonds is 3. The first-order chi connectivity index (χ1) is 9.11. The van der Waals surface area contributed by atoms with E-state index in [9.17, 15) is 4.79 Å². The second-order valence-electron chi connectivity index (χ2n) is 4.69. The summed E-state index contributed by atoms with van der Waals surface area (Å²) in [4.78, 5) is 14.3. The lowest BCUT2D eigenvalue weighted by Crippen LogP contribution is -3.15. The van der Waals surface area contributed by atoms with E-state index in [1.54, 1.807) is 0 Å². The number of hydrogen-bond acceptors (Lipinski definition) is 4. The number of aryl methyl sites for hydroxylation is 1. The van der Waals surface area contributed by atoms with Crippen molar-refractivity contribution in [1.29, 1.82) is 5.26 Å². The predicted molar refractivity (Wildman–Crippen MR) is 73.5 cm³/mol. The van der Waals surface area contributed by atoms with E-state index in [2.05, 4.69) is 11.4 Å². The van der Waals surface area contributed by atoms with E-state index in [4.69, 9.17) is 10.00 Å². The summed E-state index contributed by atoms with van der Waals surface area (Å²) in [5, 5.41) is 12.7. The van der Waals surface area contributed by atoms with Crippen molar-refractivity contribution in [1.82, 2.24) is 0 Å². The molecule has 0 spiro atoms. The Morgan fingerprint density at radius 3 is 2.79 bits per heavy atom. The highest BCUT2D eigenvalue weighted by Gasteiger charge is 2.20. The molecule has 2 rings (SSSR count). The number of nitrogens with one attached hydrogen (secondary N) is 2. The summed E-state index contributed by atoms with van der Waals surface area (Å²) >= 11 is 1.47. The monoisotopic (exact) mass is 280 g/mol. The standard InChI is InChI=1S/C13H17N3O2S/c1-9-10(2)19-13(11(9)7-14)15-12(17)8-16-3-5-18-6-4-16/h3-6,8H2,1-2H3,(H,15,17)/p+1. The van der Waals surface area contributed by atoms with Gasteiger partial charge in [0.25, 0.3) is 5.91 Å². The Bertz CT molecular complexity index is 513. The van der Waals surface area contributed by atoms with Gasteiger partial charge in [0.1, 0.15) is 24.2 Å². The number of amides is 1. The van der Waals surface area contributed by atoms with Crippen LogP contribution in [0.2, 0.25) is 0 Å². The zero-order valence-corrected chi connectivity index (χ0v) is 12.0. The molecule has 5 nitrogen and oxygen atoms in total. The van der Waals surface area contributed by atoms with Crippen LogP contribution in [-0.4, -0.2) is 38.8 Å². The number of quaternary nitrogens is 1. The van der Waals surface area contributed by atoms with Gasteiger partial charge in [-0.3, -0.25) is 4.79 Å². The molecule has 1 amide bonds. The number of hydrogen-bond donors (Lipinski definition) is 2. The fourth-order valence-corrected chi connectivity index (χ4v) is 3.11. The van der Waals surface area contributed by atoms with E-state index >= 15 is 0 Å². The van der Waals surface area contributed by atoms with Crippen molar-refractivity contribution < 1.29 is 14.4 Å².